The van der Waals surface area contributed by atoms with Crippen molar-refractivity contribution in [3.8, 4) is 0 Å². The molecule has 7 heteroatoms. The predicted molar refractivity (Wildman–Crippen MR) is 97.4 cm³/mol. The molecule has 3 aromatic rings. The van der Waals surface area contributed by atoms with Gasteiger partial charge in [0.05, 0.1) is 6.54 Å². The molecule has 6 nitrogen and oxygen atoms in total. The third-order valence-electron chi connectivity index (χ3n) is 5.62. The van der Waals surface area contributed by atoms with E-state index in [1.54, 1.807) is 12.1 Å². The van der Waals surface area contributed by atoms with E-state index in [4.69, 9.17) is 17.2 Å². The Kier molecular flexibility index (Phi) is 3.30. The van der Waals surface area contributed by atoms with Gasteiger partial charge in [0.15, 0.2) is 0 Å². The van der Waals surface area contributed by atoms with E-state index in [1.807, 2.05) is 6.07 Å². The summed E-state index contributed by atoms with van der Waals surface area (Å²) in [7, 11) is 5.88. The van der Waals surface area contributed by atoms with Gasteiger partial charge in [0.2, 0.25) is 5.58 Å². The number of aromatic nitrogens is 2. The zero-order chi connectivity index (χ0) is 17.1. The number of H-pyrrole nitrogens is 1. The molecule has 2 bridgehead atoms. The van der Waals surface area contributed by atoms with E-state index in [0.29, 0.717) is 41.0 Å². The molecule has 0 aliphatic carbocycles. The minimum atomic E-state index is -0.227. The number of nitrogens with zero attached hydrogens (tertiary/aromatic N) is 3. The van der Waals surface area contributed by atoms with E-state index in [1.165, 1.54) is 6.42 Å². The normalized spacial score (nSPS) is 24.0. The lowest BCUT2D eigenvalue weighted by Crippen LogP contribution is -2.45. The van der Waals surface area contributed by atoms with Gasteiger partial charge in [0, 0.05) is 30.6 Å². The second-order valence-electron chi connectivity index (χ2n) is 7.11. The molecular formula is C18H19BN4O2. The number of rotatable bonds is 3. The predicted octanol–water partition coefficient (Wildman–Crippen LogP) is 0.741. The molecular weight excluding hydrogens is 315 g/mol. The summed E-state index contributed by atoms with van der Waals surface area (Å²) >= 11 is 0. The van der Waals surface area contributed by atoms with Gasteiger partial charge in [-0.05, 0) is 19.0 Å². The van der Waals surface area contributed by atoms with E-state index < -0.39 is 0 Å². The highest BCUT2D eigenvalue weighted by atomic mass is 16.3. The van der Waals surface area contributed by atoms with Crippen LogP contribution in [0.15, 0.2) is 27.4 Å². The Bertz CT molecular complexity index is 1030. The molecule has 0 spiro atoms. The molecule has 2 atom stereocenters. The van der Waals surface area contributed by atoms with Gasteiger partial charge in [0.1, 0.15) is 24.8 Å². The molecule has 2 saturated heterocycles. The number of hydrogen-bond acceptors (Lipinski definition) is 5. The summed E-state index contributed by atoms with van der Waals surface area (Å²) in [5.74, 6) is 0.693. The maximum Gasteiger partial charge on any atom is 0.294 e. The molecule has 0 unspecified atom stereocenters. The molecule has 4 heterocycles. The van der Waals surface area contributed by atoms with E-state index in [0.717, 1.165) is 25.0 Å². The molecule has 1 aromatic carbocycles. The number of piperazine rings is 1. The Morgan fingerprint density at radius 1 is 1.32 bits per heavy atom. The standard InChI is InChI=1S/C18H19BN4O2/c1-2-22-7-12-6-11(22)8-23(12)9-15-20-16-13-5-10(19)3-4-14(13)25-17(16)18(24)21-15/h3-5,11-12H,2,6-9H2,1H3,(H,20,21,24)/t11-,12-/m0/s1. The van der Waals surface area contributed by atoms with Crippen molar-refractivity contribution in [2.24, 2.45) is 0 Å². The van der Waals surface area contributed by atoms with Crippen molar-refractivity contribution in [3.63, 3.8) is 0 Å². The molecule has 2 aliphatic heterocycles. The van der Waals surface area contributed by atoms with E-state index in [2.05, 4.69) is 21.7 Å². The van der Waals surface area contributed by atoms with Gasteiger partial charge >= 0.3 is 0 Å². The summed E-state index contributed by atoms with van der Waals surface area (Å²) in [6.45, 7) is 6.14. The largest absolute Gasteiger partial charge is 0.449 e. The number of aromatic amines is 1. The highest BCUT2D eigenvalue weighted by Gasteiger charge is 2.42. The van der Waals surface area contributed by atoms with Crippen LogP contribution >= 0.6 is 0 Å². The van der Waals surface area contributed by atoms with Crippen molar-refractivity contribution in [2.75, 3.05) is 19.6 Å². The van der Waals surface area contributed by atoms with Crippen LogP contribution in [0, 0.1) is 0 Å². The first kappa shape index (κ1) is 15.2. The van der Waals surface area contributed by atoms with Crippen molar-refractivity contribution in [1.82, 2.24) is 19.8 Å². The average Bonchev–Trinajstić information content (AvgIpc) is 3.27. The lowest BCUT2D eigenvalue weighted by Gasteiger charge is -2.33. The zero-order valence-electron chi connectivity index (χ0n) is 14.2. The lowest BCUT2D eigenvalue weighted by atomic mass is 9.95. The third-order valence-corrected chi connectivity index (χ3v) is 5.62. The van der Waals surface area contributed by atoms with Crippen molar-refractivity contribution >= 4 is 35.4 Å². The monoisotopic (exact) mass is 334 g/mol. The van der Waals surface area contributed by atoms with Crippen LogP contribution in [0.2, 0.25) is 0 Å². The molecule has 5 rings (SSSR count). The van der Waals surface area contributed by atoms with Gasteiger partial charge in [-0.3, -0.25) is 14.6 Å². The molecule has 0 saturated carbocycles. The number of furan rings is 1. The van der Waals surface area contributed by atoms with Crippen LogP contribution < -0.4 is 11.0 Å². The fourth-order valence-corrected chi connectivity index (χ4v) is 4.40. The average molecular weight is 334 g/mol. The van der Waals surface area contributed by atoms with Gasteiger partial charge < -0.3 is 9.40 Å². The van der Waals surface area contributed by atoms with Gasteiger partial charge in [0.25, 0.3) is 5.56 Å². The summed E-state index contributed by atoms with van der Waals surface area (Å²) in [6.07, 6.45) is 1.21. The molecule has 126 valence electrons. The van der Waals surface area contributed by atoms with Crippen LogP contribution in [-0.4, -0.2) is 59.3 Å². The van der Waals surface area contributed by atoms with Crippen molar-refractivity contribution in [2.45, 2.75) is 32.0 Å². The summed E-state index contributed by atoms with van der Waals surface area (Å²) in [4.78, 5) is 25.0. The summed E-state index contributed by atoms with van der Waals surface area (Å²) in [6, 6.07) is 6.56. The van der Waals surface area contributed by atoms with Crippen LogP contribution in [-0.2, 0) is 6.54 Å². The Balaban J connectivity index is 1.51. The molecule has 2 fully saturated rings. The van der Waals surface area contributed by atoms with Crippen LogP contribution in [0.1, 0.15) is 19.2 Å². The Morgan fingerprint density at radius 3 is 2.88 bits per heavy atom. The summed E-state index contributed by atoms with van der Waals surface area (Å²) in [5.41, 5.74) is 1.91. The van der Waals surface area contributed by atoms with Gasteiger partial charge in [-0.15, -0.1) is 0 Å². The smallest absolute Gasteiger partial charge is 0.294 e. The molecule has 1 N–H and O–H groups in total. The number of benzene rings is 1. The number of likely N-dealkylation sites (N-methyl/N-ethyl adjacent to an activating group) is 1. The highest BCUT2D eigenvalue weighted by molar-refractivity contribution is 6.33. The highest BCUT2D eigenvalue weighted by Crippen LogP contribution is 2.31. The summed E-state index contributed by atoms with van der Waals surface area (Å²) in [5, 5.41) is 0.794. The zero-order valence-corrected chi connectivity index (χ0v) is 14.2. The molecule has 2 aromatic heterocycles. The lowest BCUT2D eigenvalue weighted by molar-refractivity contribution is 0.125. The third kappa shape index (κ3) is 2.33. The van der Waals surface area contributed by atoms with Crippen molar-refractivity contribution in [3.05, 3.63) is 34.4 Å². The minimum absolute atomic E-state index is 0.227. The second-order valence-corrected chi connectivity index (χ2v) is 7.11. The van der Waals surface area contributed by atoms with Crippen molar-refractivity contribution in [1.29, 1.82) is 0 Å². The van der Waals surface area contributed by atoms with Gasteiger partial charge in [-0.1, -0.05) is 24.5 Å². The maximum atomic E-state index is 12.4. The summed E-state index contributed by atoms with van der Waals surface area (Å²) < 4.78 is 5.66. The van der Waals surface area contributed by atoms with E-state index in [9.17, 15) is 4.79 Å². The molecule has 25 heavy (non-hydrogen) atoms. The molecule has 2 radical (unpaired) electrons. The minimum Gasteiger partial charge on any atom is -0.449 e. The number of likely N-dealkylation sites (tertiary alicyclic amines) is 2. The number of fused-ring (bicyclic) bond motifs is 5. The quantitative estimate of drug-likeness (QED) is 0.716. The van der Waals surface area contributed by atoms with Crippen molar-refractivity contribution < 1.29 is 4.42 Å². The van der Waals surface area contributed by atoms with Gasteiger partial charge in [-0.25, -0.2) is 4.98 Å². The van der Waals surface area contributed by atoms with E-state index >= 15 is 0 Å². The topological polar surface area (TPSA) is 65.4 Å². The number of hydrogen-bond donors (Lipinski definition) is 1. The Morgan fingerprint density at radius 2 is 2.12 bits per heavy atom. The Labute approximate surface area is 146 Å². The first-order valence-corrected chi connectivity index (χ1v) is 8.81. The Hall–Kier alpha value is -2.12. The van der Waals surface area contributed by atoms with Crippen LogP contribution in [0.4, 0.5) is 0 Å². The molecule has 2 aliphatic rings. The SMILES string of the molecule is [B]c1ccc2oc3c(=O)[nH]c(CN4C[C@@H]5C[C@H]4CN5CC)nc3c2c1. The molecule has 0 amide bonds. The first-order chi connectivity index (χ1) is 12.1. The fraction of sp³-hybridized carbons (Fsp3) is 0.444. The van der Waals surface area contributed by atoms with Crippen LogP contribution in [0.3, 0.4) is 0 Å². The number of nitrogens with one attached hydrogen (secondary N) is 1. The fourth-order valence-electron chi connectivity index (χ4n) is 4.40. The second kappa shape index (κ2) is 5.44. The van der Waals surface area contributed by atoms with Crippen LogP contribution in [0.5, 0.6) is 0 Å². The maximum absolute atomic E-state index is 12.4. The van der Waals surface area contributed by atoms with Crippen LogP contribution in [0.25, 0.3) is 22.1 Å². The van der Waals surface area contributed by atoms with E-state index in [-0.39, 0.29) is 11.1 Å². The first-order valence-electron chi connectivity index (χ1n) is 8.81. The van der Waals surface area contributed by atoms with Gasteiger partial charge in [-0.2, -0.15) is 0 Å².